The van der Waals surface area contributed by atoms with Gasteiger partial charge >= 0.3 is 0 Å². The molecule has 0 saturated carbocycles. The average Bonchev–Trinajstić information content (AvgIpc) is 3.05. The van der Waals surface area contributed by atoms with Crippen LogP contribution in [0.25, 0.3) is 0 Å². The van der Waals surface area contributed by atoms with Gasteiger partial charge in [-0.3, -0.25) is 4.79 Å². The van der Waals surface area contributed by atoms with Crippen molar-refractivity contribution in [3.05, 3.63) is 59.4 Å². The predicted molar refractivity (Wildman–Crippen MR) is 120 cm³/mol. The van der Waals surface area contributed by atoms with E-state index in [1.165, 1.54) is 23.1 Å². The van der Waals surface area contributed by atoms with E-state index in [1.54, 1.807) is 38.4 Å². The monoisotopic (exact) mass is 445 g/mol. The molecular weight excluding hydrogens is 421 g/mol. The Morgan fingerprint density at radius 3 is 2.45 bits per heavy atom. The molecule has 2 aromatic carbocycles. The summed E-state index contributed by atoms with van der Waals surface area (Å²) >= 11 is -1.86. The smallest absolute Gasteiger partial charge is 0.269 e. The fraction of sp³-hybridized carbons (Fsp3) is 0.286. The average molecular weight is 446 g/mol. The van der Waals surface area contributed by atoms with Crippen LogP contribution in [0.4, 0.5) is 10.1 Å². The molecule has 8 nitrogen and oxygen atoms in total. The summed E-state index contributed by atoms with van der Waals surface area (Å²) in [6, 6.07) is 10.6. The zero-order valence-corrected chi connectivity index (χ0v) is 18.4. The third kappa shape index (κ3) is 5.08. The lowest BCUT2D eigenvalue weighted by Gasteiger charge is -2.24. The van der Waals surface area contributed by atoms with Crippen LogP contribution >= 0.6 is 0 Å². The molecule has 1 amide bonds. The van der Waals surface area contributed by atoms with Crippen LogP contribution in [0, 0.1) is 11.7 Å². The summed E-state index contributed by atoms with van der Waals surface area (Å²) in [7, 11) is 3.17. The Hall–Kier alpha value is -3.27. The van der Waals surface area contributed by atoms with Crippen molar-refractivity contribution in [2.45, 2.75) is 19.9 Å². The summed E-state index contributed by atoms with van der Waals surface area (Å²) in [5, 5.41) is 16.6. The number of hydrogen-bond acceptors (Lipinski definition) is 5. The van der Waals surface area contributed by atoms with E-state index in [0.717, 1.165) is 0 Å². The number of carbonyl (C=O) groups is 1. The molecule has 3 rings (SSSR count). The summed E-state index contributed by atoms with van der Waals surface area (Å²) in [6.07, 6.45) is 0. The summed E-state index contributed by atoms with van der Waals surface area (Å²) in [5.74, 6) is -0.576. The van der Waals surface area contributed by atoms with E-state index in [2.05, 4.69) is 19.4 Å². The predicted octanol–water partition coefficient (Wildman–Crippen LogP) is 3.02. The molecule has 0 saturated heterocycles. The van der Waals surface area contributed by atoms with E-state index in [1.807, 2.05) is 13.8 Å². The van der Waals surface area contributed by atoms with E-state index in [0.29, 0.717) is 5.56 Å². The molecule has 1 aliphatic heterocycles. The van der Waals surface area contributed by atoms with Gasteiger partial charge < -0.3 is 20.6 Å². The Bertz CT molecular complexity index is 1080. The molecule has 2 unspecified atom stereocenters. The van der Waals surface area contributed by atoms with Crippen molar-refractivity contribution in [3.8, 4) is 5.75 Å². The van der Waals surface area contributed by atoms with Gasteiger partial charge in [-0.05, 0) is 35.7 Å². The van der Waals surface area contributed by atoms with Crippen LogP contribution in [0.1, 0.15) is 35.8 Å². The Labute approximate surface area is 182 Å². The standard InChI is InChI=1S/C21H24FN5O3S/c1-12(2)17(13-7-5-8-14(22)11-13)24-20-19(25-31(30)26-20)23-16-10-6-9-15(18(16)28)21(29)27(3)4/h5-12,17,28H,1-4H3,(H,23,25)(H,24,26). The van der Waals surface area contributed by atoms with Crippen molar-refractivity contribution < 1.29 is 18.5 Å². The van der Waals surface area contributed by atoms with Crippen molar-refractivity contribution in [1.29, 1.82) is 0 Å². The first-order valence-electron chi connectivity index (χ1n) is 9.59. The van der Waals surface area contributed by atoms with E-state index in [-0.39, 0.29) is 52.4 Å². The van der Waals surface area contributed by atoms with Crippen molar-refractivity contribution in [1.82, 2.24) is 10.2 Å². The van der Waals surface area contributed by atoms with Crippen LogP contribution in [-0.4, -0.2) is 45.9 Å². The van der Waals surface area contributed by atoms with Crippen molar-refractivity contribution in [2.75, 3.05) is 19.4 Å². The zero-order chi connectivity index (χ0) is 22.7. The highest BCUT2D eigenvalue weighted by atomic mass is 32.2. The van der Waals surface area contributed by atoms with Gasteiger partial charge in [0.05, 0.1) is 17.3 Å². The number of anilines is 1. The second-order valence-corrected chi connectivity index (χ2v) is 8.38. The molecule has 1 heterocycles. The highest BCUT2D eigenvalue weighted by Crippen LogP contribution is 2.29. The van der Waals surface area contributed by atoms with Crippen LogP contribution in [-0.2, 0) is 11.2 Å². The number of rotatable bonds is 5. The summed E-state index contributed by atoms with van der Waals surface area (Å²) in [4.78, 5) is 13.6. The van der Waals surface area contributed by atoms with E-state index in [9.17, 15) is 18.5 Å². The lowest BCUT2D eigenvalue weighted by molar-refractivity contribution is 0.0824. The number of halogens is 1. The molecule has 0 bridgehead atoms. The highest BCUT2D eigenvalue weighted by molar-refractivity contribution is 7.83. The lowest BCUT2D eigenvalue weighted by Crippen LogP contribution is -2.38. The highest BCUT2D eigenvalue weighted by Gasteiger charge is 2.26. The number of amides is 1. The Morgan fingerprint density at radius 2 is 1.81 bits per heavy atom. The maximum absolute atomic E-state index is 13.7. The second-order valence-electron chi connectivity index (χ2n) is 7.56. The van der Waals surface area contributed by atoms with Gasteiger partial charge in [0.15, 0.2) is 17.4 Å². The van der Waals surface area contributed by atoms with Gasteiger partial charge in [0.25, 0.3) is 17.1 Å². The summed E-state index contributed by atoms with van der Waals surface area (Å²) < 4.78 is 33.7. The van der Waals surface area contributed by atoms with Gasteiger partial charge in [-0.2, -0.15) is 0 Å². The number of phenols is 1. The van der Waals surface area contributed by atoms with Crippen LogP contribution in [0.2, 0.25) is 0 Å². The van der Waals surface area contributed by atoms with Crippen molar-refractivity contribution in [2.24, 2.45) is 14.7 Å². The molecular formula is C21H24FN5O3S. The molecule has 2 aromatic rings. The van der Waals surface area contributed by atoms with Gasteiger partial charge in [0.2, 0.25) is 0 Å². The number of carbonyl (C=O) groups excluding carboxylic acids is 1. The van der Waals surface area contributed by atoms with Crippen LogP contribution in [0.15, 0.2) is 51.3 Å². The SMILES string of the molecule is CC(C)C(NC1=NS(=O)N=C1Nc1cccc(C(=O)N(C)C)c1O)c1cccc(F)c1. The largest absolute Gasteiger partial charge is 0.505 e. The van der Waals surface area contributed by atoms with E-state index < -0.39 is 11.2 Å². The molecule has 0 fully saturated rings. The van der Waals surface area contributed by atoms with Crippen LogP contribution < -0.4 is 10.6 Å². The Morgan fingerprint density at radius 1 is 1.13 bits per heavy atom. The maximum Gasteiger partial charge on any atom is 0.269 e. The third-order valence-electron chi connectivity index (χ3n) is 4.66. The Balaban J connectivity index is 1.87. The molecule has 3 N–H and O–H groups in total. The quantitative estimate of drug-likeness (QED) is 0.614. The second kappa shape index (κ2) is 9.25. The summed E-state index contributed by atoms with van der Waals surface area (Å²) in [6.45, 7) is 3.92. The number of nitrogens with zero attached hydrogens (tertiary/aromatic N) is 3. The third-order valence-corrected chi connectivity index (χ3v) is 5.33. The molecule has 2 atom stereocenters. The molecule has 164 valence electrons. The van der Waals surface area contributed by atoms with Gasteiger partial charge in [-0.15, -0.1) is 8.80 Å². The van der Waals surface area contributed by atoms with Gasteiger partial charge in [0, 0.05) is 14.1 Å². The summed E-state index contributed by atoms with van der Waals surface area (Å²) in [5.41, 5.74) is 1.03. The minimum atomic E-state index is -1.86. The lowest BCUT2D eigenvalue weighted by atomic mass is 9.96. The molecule has 0 aliphatic carbocycles. The molecule has 10 heteroatoms. The number of aromatic hydroxyl groups is 1. The number of para-hydroxylation sites is 1. The van der Waals surface area contributed by atoms with Gasteiger partial charge in [0.1, 0.15) is 5.82 Å². The molecule has 0 radical (unpaired) electrons. The van der Waals surface area contributed by atoms with Gasteiger partial charge in [-0.1, -0.05) is 32.0 Å². The zero-order valence-electron chi connectivity index (χ0n) is 17.6. The molecule has 0 spiro atoms. The molecule has 1 aliphatic rings. The first-order valence-corrected chi connectivity index (χ1v) is 10.7. The van der Waals surface area contributed by atoms with Crippen LogP contribution in [0.5, 0.6) is 5.75 Å². The van der Waals surface area contributed by atoms with Crippen LogP contribution in [0.3, 0.4) is 0 Å². The molecule has 0 aromatic heterocycles. The first-order chi connectivity index (χ1) is 14.7. The maximum atomic E-state index is 13.7. The molecule has 31 heavy (non-hydrogen) atoms. The minimum Gasteiger partial charge on any atom is -0.505 e. The number of nitrogens with one attached hydrogen (secondary N) is 2. The number of phenolic OH excluding ortho intramolecular Hbond substituents is 1. The van der Waals surface area contributed by atoms with E-state index in [4.69, 9.17) is 0 Å². The Kier molecular flexibility index (Phi) is 6.69. The number of benzene rings is 2. The van der Waals surface area contributed by atoms with E-state index >= 15 is 0 Å². The first kappa shape index (κ1) is 22.4. The topological polar surface area (TPSA) is 106 Å². The number of amidine groups is 2. The minimum absolute atomic E-state index is 0.0502. The fourth-order valence-corrected chi connectivity index (χ4v) is 3.73. The number of hydrogen-bond donors (Lipinski definition) is 3. The van der Waals surface area contributed by atoms with Gasteiger partial charge in [-0.25, -0.2) is 8.60 Å². The normalized spacial score (nSPS) is 16.5. The van der Waals surface area contributed by atoms with Crippen molar-refractivity contribution >= 4 is 34.4 Å². The fourth-order valence-electron chi connectivity index (χ4n) is 3.11. The van der Waals surface area contributed by atoms with Crippen molar-refractivity contribution in [3.63, 3.8) is 0 Å².